The van der Waals surface area contributed by atoms with Crippen LogP contribution in [-0.2, 0) is 11.3 Å². The third-order valence-corrected chi connectivity index (χ3v) is 2.36. The molecule has 2 N–H and O–H groups in total. The fourth-order valence-electron chi connectivity index (χ4n) is 1.50. The molecule has 2 aromatic heterocycles. The van der Waals surface area contributed by atoms with E-state index in [0.29, 0.717) is 12.3 Å². The van der Waals surface area contributed by atoms with Crippen LogP contribution in [0.25, 0.3) is 6.08 Å². The molecular weight excluding hydrogens is 230 g/mol. The molecule has 0 unspecified atom stereocenters. The quantitative estimate of drug-likeness (QED) is 0.809. The molecule has 0 saturated heterocycles. The maximum Gasteiger partial charge on any atom is 0.244 e. The third-order valence-electron chi connectivity index (χ3n) is 2.36. The van der Waals surface area contributed by atoms with Crippen molar-refractivity contribution in [2.75, 3.05) is 0 Å². The number of hydrogen-bond acceptors (Lipinski definition) is 3. The summed E-state index contributed by atoms with van der Waals surface area (Å²) in [5, 5.41) is 9.59. The molecular formula is C13H15N3O2. The molecule has 0 aromatic carbocycles. The Kier molecular flexibility index (Phi) is 3.62. The van der Waals surface area contributed by atoms with Crippen LogP contribution in [0.4, 0.5) is 0 Å². The second-order valence-electron chi connectivity index (χ2n) is 4.04. The molecule has 0 fully saturated rings. The average Bonchev–Trinajstić information content (AvgIpc) is 2.93. The minimum absolute atomic E-state index is 0.176. The van der Waals surface area contributed by atoms with Crippen LogP contribution >= 0.6 is 0 Å². The lowest BCUT2D eigenvalue weighted by atomic mass is 10.3. The second-order valence-corrected chi connectivity index (χ2v) is 4.04. The maximum absolute atomic E-state index is 11.5. The van der Waals surface area contributed by atoms with Crippen LogP contribution in [0, 0.1) is 13.8 Å². The lowest BCUT2D eigenvalue weighted by Gasteiger charge is -1.97. The number of carbonyl (C=O) groups is 1. The number of amides is 1. The highest BCUT2D eigenvalue weighted by Crippen LogP contribution is 2.07. The van der Waals surface area contributed by atoms with Gasteiger partial charge in [-0.2, -0.15) is 5.10 Å². The van der Waals surface area contributed by atoms with Gasteiger partial charge in [0, 0.05) is 11.8 Å². The molecule has 0 radical (unpaired) electrons. The van der Waals surface area contributed by atoms with E-state index >= 15 is 0 Å². The summed E-state index contributed by atoms with van der Waals surface area (Å²) in [5.41, 5.74) is 1.78. The predicted molar refractivity (Wildman–Crippen MR) is 67.7 cm³/mol. The van der Waals surface area contributed by atoms with E-state index in [9.17, 15) is 4.79 Å². The molecule has 0 atom stereocenters. The van der Waals surface area contributed by atoms with Gasteiger partial charge in [0.05, 0.1) is 12.2 Å². The number of hydrogen-bond donors (Lipinski definition) is 2. The van der Waals surface area contributed by atoms with Gasteiger partial charge in [0.25, 0.3) is 0 Å². The van der Waals surface area contributed by atoms with Crippen LogP contribution < -0.4 is 5.32 Å². The Hall–Kier alpha value is -2.30. The highest BCUT2D eigenvalue weighted by Gasteiger charge is 2.00. The Labute approximate surface area is 105 Å². The minimum Gasteiger partial charge on any atom is -0.462 e. The standard InChI is InChI=1S/C13H15N3O2/c1-9-7-11(16-15-9)8-14-13(17)6-5-12-4-3-10(2)18-12/h3-7H,8H2,1-2H3,(H,14,17)(H,15,16)/b6-5+. The van der Waals surface area contributed by atoms with E-state index in [0.717, 1.165) is 17.1 Å². The Morgan fingerprint density at radius 2 is 2.33 bits per heavy atom. The molecule has 0 aliphatic heterocycles. The number of nitrogens with zero attached hydrogens (tertiary/aromatic N) is 1. The van der Waals surface area contributed by atoms with E-state index in [2.05, 4.69) is 15.5 Å². The van der Waals surface area contributed by atoms with Gasteiger partial charge in [-0.15, -0.1) is 0 Å². The second kappa shape index (κ2) is 5.35. The number of H-pyrrole nitrogens is 1. The van der Waals surface area contributed by atoms with Gasteiger partial charge in [-0.1, -0.05) is 0 Å². The Bertz CT molecular complexity index is 566. The van der Waals surface area contributed by atoms with Gasteiger partial charge in [-0.25, -0.2) is 0 Å². The maximum atomic E-state index is 11.5. The molecule has 1 amide bonds. The molecule has 94 valence electrons. The Balaban J connectivity index is 1.83. The zero-order valence-electron chi connectivity index (χ0n) is 10.4. The van der Waals surface area contributed by atoms with Crippen LogP contribution in [0.3, 0.4) is 0 Å². The van der Waals surface area contributed by atoms with Crippen molar-refractivity contribution in [3.63, 3.8) is 0 Å². The molecule has 0 spiro atoms. The molecule has 0 bridgehead atoms. The summed E-state index contributed by atoms with van der Waals surface area (Å²) >= 11 is 0. The van der Waals surface area contributed by atoms with Crippen molar-refractivity contribution in [2.45, 2.75) is 20.4 Å². The number of nitrogens with one attached hydrogen (secondary N) is 2. The molecule has 2 rings (SSSR count). The molecule has 5 nitrogen and oxygen atoms in total. The lowest BCUT2D eigenvalue weighted by Crippen LogP contribution is -2.20. The molecule has 18 heavy (non-hydrogen) atoms. The van der Waals surface area contributed by atoms with Crippen LogP contribution in [0.15, 0.2) is 28.7 Å². The van der Waals surface area contributed by atoms with Gasteiger partial charge < -0.3 is 9.73 Å². The number of aromatic amines is 1. The minimum atomic E-state index is -0.176. The zero-order valence-corrected chi connectivity index (χ0v) is 10.4. The highest BCUT2D eigenvalue weighted by molar-refractivity contribution is 5.91. The number of aromatic nitrogens is 2. The third kappa shape index (κ3) is 3.35. The zero-order chi connectivity index (χ0) is 13.0. The number of furan rings is 1. The Morgan fingerprint density at radius 1 is 1.50 bits per heavy atom. The highest BCUT2D eigenvalue weighted by atomic mass is 16.3. The van der Waals surface area contributed by atoms with Gasteiger partial charge in [-0.3, -0.25) is 9.89 Å². The van der Waals surface area contributed by atoms with Gasteiger partial charge >= 0.3 is 0 Å². The van der Waals surface area contributed by atoms with Crippen molar-refractivity contribution in [3.05, 3.63) is 47.2 Å². The number of carbonyl (C=O) groups excluding carboxylic acids is 1. The van der Waals surface area contributed by atoms with E-state index in [-0.39, 0.29) is 5.91 Å². The van der Waals surface area contributed by atoms with Crippen molar-refractivity contribution in [1.29, 1.82) is 0 Å². The van der Waals surface area contributed by atoms with Gasteiger partial charge in [0.15, 0.2) is 0 Å². The summed E-state index contributed by atoms with van der Waals surface area (Å²) in [5.74, 6) is 1.31. The average molecular weight is 245 g/mol. The van der Waals surface area contributed by atoms with E-state index in [4.69, 9.17) is 4.42 Å². The van der Waals surface area contributed by atoms with E-state index < -0.39 is 0 Å². The van der Waals surface area contributed by atoms with Crippen LogP contribution in [0.2, 0.25) is 0 Å². The molecule has 0 aliphatic carbocycles. The molecule has 2 aromatic rings. The molecule has 5 heteroatoms. The molecule has 0 aliphatic rings. The van der Waals surface area contributed by atoms with E-state index in [1.54, 1.807) is 6.08 Å². The first-order chi connectivity index (χ1) is 8.63. The van der Waals surface area contributed by atoms with Crippen molar-refractivity contribution in [3.8, 4) is 0 Å². The monoisotopic (exact) mass is 245 g/mol. The summed E-state index contributed by atoms with van der Waals surface area (Å²) in [4.78, 5) is 11.5. The van der Waals surface area contributed by atoms with Crippen molar-refractivity contribution >= 4 is 12.0 Å². The number of rotatable bonds is 4. The first kappa shape index (κ1) is 12.2. The van der Waals surface area contributed by atoms with Gasteiger partial charge in [0.1, 0.15) is 11.5 Å². The first-order valence-electron chi connectivity index (χ1n) is 5.67. The molecule has 2 heterocycles. The van der Waals surface area contributed by atoms with Crippen LogP contribution in [0.5, 0.6) is 0 Å². The van der Waals surface area contributed by atoms with Crippen molar-refractivity contribution in [1.82, 2.24) is 15.5 Å². The fraction of sp³-hybridized carbons (Fsp3) is 0.231. The first-order valence-corrected chi connectivity index (χ1v) is 5.67. The van der Waals surface area contributed by atoms with E-state index in [1.807, 2.05) is 32.0 Å². The Morgan fingerprint density at radius 3 is 2.94 bits per heavy atom. The van der Waals surface area contributed by atoms with Crippen molar-refractivity contribution in [2.24, 2.45) is 0 Å². The topological polar surface area (TPSA) is 70.9 Å². The summed E-state index contributed by atoms with van der Waals surface area (Å²) in [6.45, 7) is 4.18. The summed E-state index contributed by atoms with van der Waals surface area (Å²) in [6, 6.07) is 5.56. The fourth-order valence-corrected chi connectivity index (χ4v) is 1.50. The van der Waals surface area contributed by atoms with Crippen molar-refractivity contribution < 1.29 is 9.21 Å². The normalized spacial score (nSPS) is 11.0. The summed E-state index contributed by atoms with van der Waals surface area (Å²) in [7, 11) is 0. The summed E-state index contributed by atoms with van der Waals surface area (Å²) in [6.07, 6.45) is 3.08. The lowest BCUT2D eigenvalue weighted by molar-refractivity contribution is -0.116. The van der Waals surface area contributed by atoms with Crippen LogP contribution in [-0.4, -0.2) is 16.1 Å². The van der Waals surface area contributed by atoms with E-state index in [1.165, 1.54) is 6.08 Å². The van der Waals surface area contributed by atoms with Gasteiger partial charge in [0.2, 0.25) is 5.91 Å². The SMILES string of the molecule is Cc1cc(CNC(=O)/C=C/c2ccc(C)o2)n[nH]1. The predicted octanol–water partition coefficient (Wildman–Crippen LogP) is 1.95. The van der Waals surface area contributed by atoms with Gasteiger partial charge in [-0.05, 0) is 38.1 Å². The summed E-state index contributed by atoms with van der Waals surface area (Å²) < 4.78 is 5.32. The van der Waals surface area contributed by atoms with Crippen LogP contribution in [0.1, 0.15) is 22.9 Å². The largest absolute Gasteiger partial charge is 0.462 e. The number of aryl methyl sites for hydroxylation is 2. The smallest absolute Gasteiger partial charge is 0.244 e. The molecule has 0 saturated carbocycles.